The number of rotatable bonds is 6. The van der Waals surface area contributed by atoms with E-state index in [2.05, 4.69) is 119 Å². The molecule has 1 unspecified atom stereocenters. The van der Waals surface area contributed by atoms with Crippen LogP contribution in [-0.2, 0) is 0 Å². The smallest absolute Gasteiger partial charge is 0.181 e. The Morgan fingerprint density at radius 2 is 1.23 bits per heavy atom. The molecule has 252 valence electrons. The summed E-state index contributed by atoms with van der Waals surface area (Å²) < 4.78 is 18.8. The molecule has 9 aromatic rings. The quantitative estimate of drug-likeness (QED) is 0.161. The first-order valence-electron chi connectivity index (χ1n) is 17.8. The van der Waals surface area contributed by atoms with Gasteiger partial charge >= 0.3 is 0 Å². The van der Waals surface area contributed by atoms with Crippen LogP contribution in [0.4, 0.5) is 4.39 Å². The van der Waals surface area contributed by atoms with Gasteiger partial charge in [-0.05, 0) is 92.5 Å². The molecule has 0 fully saturated rings. The normalized spacial score (nSPS) is 13.8. The van der Waals surface area contributed by atoms with Gasteiger partial charge in [0.25, 0.3) is 0 Å². The van der Waals surface area contributed by atoms with E-state index < -0.39 is 14.2 Å². The van der Waals surface area contributed by atoms with Gasteiger partial charge < -0.3 is 0 Å². The number of hydrogen-bond acceptors (Lipinski definition) is 3. The third-order valence-corrected chi connectivity index (χ3v) is 16.9. The van der Waals surface area contributed by atoms with Crippen molar-refractivity contribution in [1.82, 2.24) is 14.5 Å². The Kier molecular flexibility index (Phi) is 7.67. The molecule has 6 aromatic carbocycles. The van der Waals surface area contributed by atoms with E-state index in [0.717, 1.165) is 38.9 Å². The molecule has 3 nitrogen and oxygen atoms in total. The van der Waals surface area contributed by atoms with Crippen LogP contribution in [0.15, 0.2) is 198 Å². The minimum atomic E-state index is -2.79. The first-order chi connectivity index (χ1) is 26.2. The second-order valence-corrected chi connectivity index (χ2v) is 18.3. The summed E-state index contributed by atoms with van der Waals surface area (Å²) in [5.41, 5.74) is 5.68. The minimum Gasteiger partial charge on any atom is -0.294 e. The van der Waals surface area contributed by atoms with Crippen molar-refractivity contribution in [2.75, 3.05) is 0 Å². The zero-order valence-electron chi connectivity index (χ0n) is 28.6. The van der Waals surface area contributed by atoms with Gasteiger partial charge in [-0.1, -0.05) is 127 Å². The van der Waals surface area contributed by atoms with E-state index >= 15 is 4.39 Å². The van der Waals surface area contributed by atoms with E-state index in [-0.39, 0.29) is 0 Å². The highest BCUT2D eigenvalue weighted by atomic mass is 32.2. The fourth-order valence-electron chi connectivity index (χ4n) is 8.20. The summed E-state index contributed by atoms with van der Waals surface area (Å²) in [4.78, 5) is 12.0. The van der Waals surface area contributed by atoms with Gasteiger partial charge in [0.1, 0.15) is 5.65 Å². The largest absolute Gasteiger partial charge is 0.294 e. The maximum absolute atomic E-state index is 16.6. The lowest BCUT2D eigenvalue weighted by Crippen LogP contribution is -2.76. The van der Waals surface area contributed by atoms with Crippen LogP contribution in [0, 0.1) is 0 Å². The highest BCUT2D eigenvalue weighted by molar-refractivity contribution is 8.00. The molecule has 10 rings (SSSR count). The number of halogens is 1. The van der Waals surface area contributed by atoms with Crippen LogP contribution >= 0.6 is 11.8 Å². The van der Waals surface area contributed by atoms with E-state index in [1.807, 2.05) is 84.7 Å². The number of nitrogens with zero attached hydrogens (tertiary/aromatic N) is 3. The van der Waals surface area contributed by atoms with Crippen molar-refractivity contribution in [1.29, 1.82) is 0 Å². The van der Waals surface area contributed by atoms with Crippen molar-refractivity contribution in [2.24, 2.45) is 0 Å². The minimum absolute atomic E-state index is 0.589. The van der Waals surface area contributed by atoms with E-state index in [1.54, 1.807) is 6.20 Å². The average Bonchev–Trinajstić information content (AvgIpc) is 3.56. The van der Waals surface area contributed by atoms with Crippen LogP contribution < -0.4 is 20.7 Å². The molecule has 3 aromatic heterocycles. The summed E-state index contributed by atoms with van der Waals surface area (Å²) in [5.74, 6) is 0. The molecule has 0 amide bonds. The summed E-state index contributed by atoms with van der Waals surface area (Å²) in [5, 5.41) is 7.63. The summed E-state index contributed by atoms with van der Waals surface area (Å²) in [6, 6.07) is 61.3. The molecule has 0 radical (unpaired) electrons. The molecule has 0 saturated carbocycles. The van der Waals surface area contributed by atoms with E-state index in [0.29, 0.717) is 11.1 Å². The van der Waals surface area contributed by atoms with Crippen molar-refractivity contribution >= 4 is 62.5 Å². The maximum Gasteiger partial charge on any atom is 0.181 e. The Morgan fingerprint density at radius 1 is 0.528 bits per heavy atom. The molecule has 4 heterocycles. The molecule has 1 atom stereocenters. The molecule has 0 spiro atoms. The molecule has 1 aliphatic heterocycles. The Labute approximate surface area is 312 Å². The van der Waals surface area contributed by atoms with Gasteiger partial charge in [0.05, 0.1) is 11.2 Å². The fourth-order valence-corrected chi connectivity index (χ4v) is 15.2. The van der Waals surface area contributed by atoms with Gasteiger partial charge in [-0.25, -0.2) is 9.37 Å². The number of alkyl halides is 1. The predicted molar refractivity (Wildman–Crippen MR) is 219 cm³/mol. The van der Waals surface area contributed by atoms with Gasteiger partial charge in [-0.2, -0.15) is 0 Å². The third-order valence-electron chi connectivity index (χ3n) is 10.5. The van der Waals surface area contributed by atoms with Gasteiger partial charge in [-0.15, -0.1) is 0 Å². The third kappa shape index (κ3) is 5.09. The Bertz CT molecular complexity index is 2750. The Hall–Kier alpha value is -6.08. The van der Waals surface area contributed by atoms with E-state index in [1.165, 1.54) is 30.5 Å². The molecule has 0 N–H and O–H groups in total. The molecule has 6 heteroatoms. The molecule has 0 aliphatic carbocycles. The first kappa shape index (κ1) is 31.6. The highest BCUT2D eigenvalue weighted by Gasteiger charge is 2.47. The van der Waals surface area contributed by atoms with Crippen molar-refractivity contribution in [3.8, 4) is 16.9 Å². The van der Waals surface area contributed by atoms with Crippen molar-refractivity contribution in [3.05, 3.63) is 199 Å². The van der Waals surface area contributed by atoms with E-state index in [4.69, 9.17) is 4.98 Å². The number of benzene rings is 6. The highest BCUT2D eigenvalue weighted by Crippen LogP contribution is 2.39. The molecule has 53 heavy (non-hydrogen) atoms. The van der Waals surface area contributed by atoms with Crippen LogP contribution in [0.2, 0.25) is 0 Å². The molecule has 0 saturated heterocycles. The standard InChI is InChI=1S/C47H32FN3SSi/c48-46(33-15-11-14-32(28-33)40-23-9-10-26-49-40)34-16-12-17-35(29-34)51-41-31-45-43(30-39(41)38-22-13-27-50-47(38)51)52-42-24-7-8-25-44(42)53(45,36-18-3-1-4-19-36)37-20-5-2-6-21-37/h1-31,46H. The van der Waals surface area contributed by atoms with Crippen molar-refractivity contribution in [2.45, 2.75) is 16.0 Å². The predicted octanol–water partition coefficient (Wildman–Crippen LogP) is 9.14. The SMILES string of the molecule is FC(c1cccc(-c2ccccn2)c1)c1cccc(-n2c3cc4c(cc3c3cccnc32)Sc2ccccc2[Si]4(c2ccccc2)c2ccccc2)c1. The lowest BCUT2D eigenvalue weighted by atomic mass is 9.99. The Morgan fingerprint density at radius 3 is 2.00 bits per heavy atom. The summed E-state index contributed by atoms with van der Waals surface area (Å²) in [6.45, 7) is 0. The fraction of sp³-hybridized carbons (Fsp3) is 0.0213. The lowest BCUT2D eigenvalue weighted by molar-refractivity contribution is 0.402. The van der Waals surface area contributed by atoms with Crippen LogP contribution in [0.1, 0.15) is 17.3 Å². The second-order valence-electron chi connectivity index (χ2n) is 13.5. The number of pyridine rings is 2. The zero-order valence-corrected chi connectivity index (χ0v) is 30.4. The summed E-state index contributed by atoms with van der Waals surface area (Å²) in [7, 11) is -2.79. The second kappa shape index (κ2) is 12.8. The summed E-state index contributed by atoms with van der Waals surface area (Å²) in [6.07, 6.45) is 2.29. The lowest BCUT2D eigenvalue weighted by Gasteiger charge is -2.40. The van der Waals surface area contributed by atoms with Crippen LogP contribution in [-0.4, -0.2) is 22.6 Å². The van der Waals surface area contributed by atoms with Crippen molar-refractivity contribution in [3.63, 3.8) is 0 Å². The van der Waals surface area contributed by atoms with Crippen LogP contribution in [0.3, 0.4) is 0 Å². The molecular formula is C47H32FN3SSi. The Balaban J connectivity index is 1.20. The molecular weight excluding hydrogens is 686 g/mol. The molecule has 1 aliphatic rings. The number of aromatic nitrogens is 3. The zero-order chi connectivity index (χ0) is 35.4. The average molecular weight is 718 g/mol. The number of fused-ring (bicyclic) bond motifs is 5. The van der Waals surface area contributed by atoms with Gasteiger partial charge in [0.2, 0.25) is 0 Å². The van der Waals surface area contributed by atoms with Crippen molar-refractivity contribution < 1.29 is 4.39 Å². The van der Waals surface area contributed by atoms with E-state index in [9.17, 15) is 0 Å². The number of hydrogen-bond donors (Lipinski definition) is 0. The van der Waals surface area contributed by atoms with Gasteiger partial charge in [0, 0.05) is 44.2 Å². The van der Waals surface area contributed by atoms with Crippen LogP contribution in [0.25, 0.3) is 38.9 Å². The summed E-state index contributed by atoms with van der Waals surface area (Å²) >= 11 is 1.86. The molecule has 0 bridgehead atoms. The topological polar surface area (TPSA) is 30.7 Å². The van der Waals surface area contributed by atoms with Crippen LogP contribution in [0.5, 0.6) is 0 Å². The van der Waals surface area contributed by atoms with Gasteiger partial charge in [-0.3, -0.25) is 9.55 Å². The van der Waals surface area contributed by atoms with Gasteiger partial charge in [0.15, 0.2) is 14.2 Å². The first-order valence-corrected chi connectivity index (χ1v) is 20.6. The maximum atomic E-state index is 16.6. The monoisotopic (exact) mass is 717 g/mol.